The number of amides is 4. The van der Waals surface area contributed by atoms with Gasteiger partial charge in [-0.1, -0.05) is 37.8 Å². The van der Waals surface area contributed by atoms with E-state index in [1.807, 2.05) is 12.2 Å². The van der Waals surface area contributed by atoms with Crippen molar-refractivity contribution in [1.29, 1.82) is 0 Å². The molecule has 2 atom stereocenters. The van der Waals surface area contributed by atoms with Crippen molar-refractivity contribution in [2.75, 3.05) is 0 Å². The maximum absolute atomic E-state index is 13.5. The Bertz CT molecular complexity index is 1490. The zero-order chi connectivity index (χ0) is 30.1. The minimum absolute atomic E-state index is 0.186. The number of benzene rings is 2. The number of fused-ring (bicyclic) bond motifs is 2. The molecule has 0 saturated heterocycles. The van der Waals surface area contributed by atoms with Crippen LogP contribution in [0.15, 0.2) is 59.7 Å². The summed E-state index contributed by atoms with van der Waals surface area (Å²) in [6.45, 7) is 0. The van der Waals surface area contributed by atoms with Crippen molar-refractivity contribution in [1.82, 2.24) is 9.80 Å². The Morgan fingerprint density at radius 1 is 0.558 bits per heavy atom. The molecule has 9 heteroatoms. The smallest absolute Gasteiger partial charge is 0.262 e. The molecule has 4 amide bonds. The standard InChI is InChI=1S/C34H32N2O7/c37-19-21-9-5-1-3-7-11-29(21)35-31(39)25-15-13-23(17-27(25)33(35)41)43-24-14-16-26-28(18-24)34(42)36(32(26)40)30-12-8-4-2-6-10-22(30)20-38/h9-10,13-20,29-30H,1-8,11-12H2/b21-9-,22-10-. The molecular weight excluding hydrogens is 548 g/mol. The van der Waals surface area contributed by atoms with Crippen LogP contribution in [0.4, 0.5) is 0 Å². The molecule has 9 nitrogen and oxygen atoms in total. The van der Waals surface area contributed by atoms with Crippen LogP contribution in [-0.4, -0.2) is 58.1 Å². The molecule has 2 aromatic carbocycles. The summed E-state index contributed by atoms with van der Waals surface area (Å²) in [5.74, 6) is -1.27. The monoisotopic (exact) mass is 580 g/mol. The summed E-state index contributed by atoms with van der Waals surface area (Å²) < 4.78 is 6.02. The molecule has 0 aromatic heterocycles. The van der Waals surface area contributed by atoms with E-state index >= 15 is 0 Å². The number of aldehydes is 2. The molecule has 43 heavy (non-hydrogen) atoms. The number of hydrogen-bond donors (Lipinski definition) is 0. The Morgan fingerprint density at radius 2 is 0.977 bits per heavy atom. The van der Waals surface area contributed by atoms with Gasteiger partial charge in [0.2, 0.25) is 0 Å². The predicted molar refractivity (Wildman–Crippen MR) is 156 cm³/mol. The molecule has 2 unspecified atom stereocenters. The zero-order valence-corrected chi connectivity index (χ0v) is 23.8. The number of imide groups is 2. The molecule has 2 heterocycles. The Kier molecular flexibility index (Phi) is 7.88. The normalized spacial score (nSPS) is 24.9. The van der Waals surface area contributed by atoms with E-state index in [1.54, 1.807) is 12.1 Å². The first kappa shape index (κ1) is 28.5. The van der Waals surface area contributed by atoms with Crippen molar-refractivity contribution in [3.8, 4) is 11.5 Å². The summed E-state index contributed by atoms with van der Waals surface area (Å²) in [6.07, 6.45) is 13.1. The molecule has 0 radical (unpaired) electrons. The summed E-state index contributed by atoms with van der Waals surface area (Å²) >= 11 is 0. The molecule has 2 aliphatic heterocycles. The maximum atomic E-state index is 13.5. The van der Waals surface area contributed by atoms with Gasteiger partial charge in [0.15, 0.2) is 0 Å². The second-order valence-corrected chi connectivity index (χ2v) is 11.4. The largest absolute Gasteiger partial charge is 0.457 e. The van der Waals surface area contributed by atoms with Crippen LogP contribution in [0.3, 0.4) is 0 Å². The zero-order valence-electron chi connectivity index (χ0n) is 23.8. The van der Waals surface area contributed by atoms with E-state index in [0.29, 0.717) is 24.0 Å². The molecule has 4 aliphatic rings. The van der Waals surface area contributed by atoms with Crippen molar-refractivity contribution in [3.05, 3.63) is 82.0 Å². The van der Waals surface area contributed by atoms with Gasteiger partial charge in [0.25, 0.3) is 23.6 Å². The second-order valence-electron chi connectivity index (χ2n) is 11.4. The Balaban J connectivity index is 1.24. The minimum atomic E-state index is -0.606. The fourth-order valence-corrected chi connectivity index (χ4v) is 6.58. The van der Waals surface area contributed by atoms with E-state index < -0.39 is 35.7 Å². The summed E-state index contributed by atoms with van der Waals surface area (Å²) in [7, 11) is 0. The Morgan fingerprint density at radius 3 is 1.40 bits per heavy atom. The fraction of sp³-hybridized carbons (Fsp3) is 0.353. The lowest BCUT2D eigenvalue weighted by atomic mass is 9.95. The number of carbonyl (C=O) groups excluding carboxylic acids is 6. The lowest BCUT2D eigenvalue weighted by molar-refractivity contribution is -0.106. The highest BCUT2D eigenvalue weighted by molar-refractivity contribution is 6.23. The fourth-order valence-electron chi connectivity index (χ4n) is 6.58. The third kappa shape index (κ3) is 5.13. The van der Waals surface area contributed by atoms with Gasteiger partial charge in [-0.05, 0) is 74.9 Å². The van der Waals surface area contributed by atoms with Gasteiger partial charge in [-0.15, -0.1) is 0 Å². The first-order chi connectivity index (χ1) is 20.9. The predicted octanol–water partition coefficient (Wildman–Crippen LogP) is 5.59. The van der Waals surface area contributed by atoms with Crippen molar-refractivity contribution >= 4 is 36.2 Å². The first-order valence-corrected chi connectivity index (χ1v) is 14.9. The van der Waals surface area contributed by atoms with Crippen molar-refractivity contribution < 1.29 is 33.5 Å². The van der Waals surface area contributed by atoms with E-state index in [9.17, 15) is 28.8 Å². The lowest BCUT2D eigenvalue weighted by Crippen LogP contribution is -2.41. The van der Waals surface area contributed by atoms with Gasteiger partial charge in [0, 0.05) is 11.1 Å². The van der Waals surface area contributed by atoms with E-state index in [1.165, 1.54) is 34.1 Å². The average Bonchev–Trinajstić information content (AvgIpc) is 3.37. The van der Waals surface area contributed by atoms with Crippen molar-refractivity contribution in [3.63, 3.8) is 0 Å². The molecule has 0 saturated carbocycles. The molecule has 6 rings (SSSR count). The molecule has 0 spiro atoms. The van der Waals surface area contributed by atoms with Crippen molar-refractivity contribution in [2.24, 2.45) is 0 Å². The van der Waals surface area contributed by atoms with Gasteiger partial charge in [0.05, 0.1) is 34.3 Å². The highest BCUT2D eigenvalue weighted by Crippen LogP contribution is 2.36. The summed E-state index contributed by atoms with van der Waals surface area (Å²) in [4.78, 5) is 79.6. The number of hydrogen-bond acceptors (Lipinski definition) is 7. The highest BCUT2D eigenvalue weighted by Gasteiger charge is 2.43. The van der Waals surface area contributed by atoms with Crippen molar-refractivity contribution in [2.45, 2.75) is 76.3 Å². The number of allylic oxidation sites excluding steroid dienone is 2. The highest BCUT2D eigenvalue weighted by atomic mass is 16.5. The average molecular weight is 581 g/mol. The second kappa shape index (κ2) is 11.9. The molecule has 2 aromatic rings. The summed E-state index contributed by atoms with van der Waals surface area (Å²) in [5.41, 5.74) is 1.76. The molecule has 0 N–H and O–H groups in total. The quantitative estimate of drug-likeness (QED) is 0.323. The Hall–Kier alpha value is -4.66. The van der Waals surface area contributed by atoms with Crippen LogP contribution >= 0.6 is 0 Å². The number of carbonyl (C=O) groups is 6. The van der Waals surface area contributed by atoms with Gasteiger partial charge in [-0.25, -0.2) is 0 Å². The number of ether oxygens (including phenoxy) is 1. The van der Waals surface area contributed by atoms with Crippen LogP contribution in [0, 0.1) is 0 Å². The van der Waals surface area contributed by atoms with Gasteiger partial charge in [-0.3, -0.25) is 38.6 Å². The molecule has 0 bridgehead atoms. The van der Waals surface area contributed by atoms with Gasteiger partial charge >= 0.3 is 0 Å². The van der Waals surface area contributed by atoms with Gasteiger partial charge in [-0.2, -0.15) is 0 Å². The van der Waals surface area contributed by atoms with Crippen LogP contribution in [0.1, 0.15) is 106 Å². The third-order valence-electron chi connectivity index (χ3n) is 8.80. The van der Waals surface area contributed by atoms with E-state index in [4.69, 9.17) is 4.74 Å². The van der Waals surface area contributed by atoms with Gasteiger partial charge < -0.3 is 4.74 Å². The van der Waals surface area contributed by atoms with Crippen LogP contribution in [0.25, 0.3) is 0 Å². The topological polar surface area (TPSA) is 118 Å². The molecule has 220 valence electrons. The first-order valence-electron chi connectivity index (χ1n) is 14.9. The van der Waals surface area contributed by atoms with Crippen LogP contribution < -0.4 is 4.74 Å². The van der Waals surface area contributed by atoms with E-state index in [-0.39, 0.29) is 33.8 Å². The summed E-state index contributed by atoms with van der Waals surface area (Å²) in [5, 5.41) is 0. The van der Waals surface area contributed by atoms with Crippen LogP contribution in [0.2, 0.25) is 0 Å². The van der Waals surface area contributed by atoms with E-state index in [0.717, 1.165) is 63.9 Å². The molecule has 0 fully saturated rings. The molecular formula is C34H32N2O7. The van der Waals surface area contributed by atoms with Gasteiger partial charge in [0.1, 0.15) is 24.1 Å². The van der Waals surface area contributed by atoms with E-state index in [2.05, 4.69) is 0 Å². The SMILES string of the molecule is O=C/C1=C/CCCCCC1N1C(=O)c2ccc(Oc3ccc4c(c3)C(=O)N(C3CCCCC/C=C\3C=O)C4=O)cc2C1=O. The third-order valence-corrected chi connectivity index (χ3v) is 8.80. The maximum Gasteiger partial charge on any atom is 0.262 e. The lowest BCUT2D eigenvalue weighted by Gasteiger charge is -2.27. The minimum Gasteiger partial charge on any atom is -0.457 e. The number of nitrogens with zero attached hydrogens (tertiary/aromatic N) is 2. The van der Waals surface area contributed by atoms with Crippen LogP contribution in [0.5, 0.6) is 11.5 Å². The van der Waals surface area contributed by atoms with Crippen LogP contribution in [-0.2, 0) is 9.59 Å². The number of rotatable bonds is 6. The Labute approximate surface area is 249 Å². The summed E-state index contributed by atoms with van der Waals surface area (Å²) in [6, 6.07) is 7.98. The molecule has 2 aliphatic carbocycles.